The Morgan fingerprint density at radius 2 is 1.68 bits per heavy atom. The molecule has 0 radical (unpaired) electrons. The number of hydrogen-bond donors (Lipinski definition) is 1. The highest BCUT2D eigenvalue weighted by atomic mass is 16.5. The van der Waals surface area contributed by atoms with Crippen LogP contribution in [0.25, 0.3) is 5.76 Å². The zero-order chi connectivity index (χ0) is 29.2. The number of nitrogens with zero attached hydrogens (tertiary/aromatic N) is 1. The van der Waals surface area contributed by atoms with E-state index in [9.17, 15) is 14.7 Å². The van der Waals surface area contributed by atoms with Crippen molar-refractivity contribution < 1.29 is 28.9 Å². The smallest absolute Gasteiger partial charge is 0.300 e. The van der Waals surface area contributed by atoms with Crippen molar-refractivity contribution in [2.45, 2.75) is 59.1 Å². The van der Waals surface area contributed by atoms with Crippen LogP contribution in [-0.2, 0) is 15.0 Å². The van der Waals surface area contributed by atoms with Crippen LogP contribution in [0.2, 0.25) is 0 Å². The van der Waals surface area contributed by atoms with Crippen molar-refractivity contribution in [3.05, 3.63) is 89.0 Å². The van der Waals surface area contributed by atoms with E-state index in [1.54, 1.807) is 36.4 Å². The molecule has 0 aliphatic carbocycles. The number of carbonyl (C=O) groups is 2. The van der Waals surface area contributed by atoms with Gasteiger partial charge in [0, 0.05) is 11.8 Å². The van der Waals surface area contributed by atoms with Crippen LogP contribution in [0.4, 0.5) is 5.69 Å². The number of Topliss-reactive ketones (excluding diaryl/α,β-unsaturated/α-hetero) is 1. The monoisotopic (exact) mass is 543 g/mol. The third-order valence-corrected chi connectivity index (χ3v) is 6.72. The van der Waals surface area contributed by atoms with Crippen LogP contribution in [0, 0.1) is 0 Å². The van der Waals surface area contributed by atoms with Gasteiger partial charge in [-0.05, 0) is 73.7 Å². The summed E-state index contributed by atoms with van der Waals surface area (Å²) < 4.78 is 17.2. The zero-order valence-corrected chi connectivity index (χ0v) is 24.1. The fourth-order valence-corrected chi connectivity index (χ4v) is 4.84. The summed E-state index contributed by atoms with van der Waals surface area (Å²) >= 11 is 0. The number of rotatable bonds is 8. The van der Waals surface area contributed by atoms with Crippen LogP contribution in [0.5, 0.6) is 17.2 Å². The van der Waals surface area contributed by atoms with Gasteiger partial charge in [-0.2, -0.15) is 0 Å². The molecule has 1 saturated heterocycles. The summed E-state index contributed by atoms with van der Waals surface area (Å²) in [5, 5.41) is 11.8. The Balaban J connectivity index is 1.99. The van der Waals surface area contributed by atoms with E-state index in [0.29, 0.717) is 40.7 Å². The van der Waals surface area contributed by atoms with E-state index in [0.717, 1.165) is 5.56 Å². The van der Waals surface area contributed by atoms with Crippen LogP contribution in [0.3, 0.4) is 0 Å². The van der Waals surface area contributed by atoms with Crippen molar-refractivity contribution >= 4 is 23.1 Å². The molecule has 0 bridgehead atoms. The normalized spacial score (nSPS) is 16.9. The molecule has 7 nitrogen and oxygen atoms in total. The highest BCUT2D eigenvalue weighted by molar-refractivity contribution is 6.51. The predicted octanol–water partition coefficient (Wildman–Crippen LogP) is 6.80. The second-order valence-electron chi connectivity index (χ2n) is 11.0. The Hall–Kier alpha value is -4.26. The first kappa shape index (κ1) is 28.7. The topological polar surface area (TPSA) is 85.3 Å². The fourth-order valence-electron chi connectivity index (χ4n) is 4.84. The Kier molecular flexibility index (Phi) is 8.24. The predicted molar refractivity (Wildman–Crippen MR) is 156 cm³/mol. The molecule has 3 aromatic carbocycles. The van der Waals surface area contributed by atoms with Crippen molar-refractivity contribution in [3.8, 4) is 17.2 Å². The van der Waals surface area contributed by atoms with Gasteiger partial charge in [0.1, 0.15) is 23.0 Å². The molecule has 1 fully saturated rings. The van der Waals surface area contributed by atoms with Gasteiger partial charge in [-0.3, -0.25) is 14.5 Å². The fraction of sp³-hybridized carbons (Fsp3) is 0.333. The molecule has 1 amide bonds. The van der Waals surface area contributed by atoms with E-state index >= 15 is 0 Å². The van der Waals surface area contributed by atoms with Crippen LogP contribution in [-0.4, -0.2) is 36.6 Å². The third-order valence-electron chi connectivity index (χ3n) is 6.72. The van der Waals surface area contributed by atoms with Crippen molar-refractivity contribution in [2.75, 3.05) is 18.6 Å². The lowest BCUT2D eigenvalue weighted by atomic mass is 9.85. The lowest BCUT2D eigenvalue weighted by Gasteiger charge is -2.26. The molecule has 1 atom stereocenters. The molecule has 3 aromatic rings. The van der Waals surface area contributed by atoms with Gasteiger partial charge in [-0.1, -0.05) is 45.0 Å². The Labute approximate surface area is 236 Å². The minimum Gasteiger partial charge on any atom is -0.507 e. The van der Waals surface area contributed by atoms with Crippen molar-refractivity contribution in [2.24, 2.45) is 0 Å². The molecular formula is C33H37NO6. The summed E-state index contributed by atoms with van der Waals surface area (Å²) in [4.78, 5) is 28.8. The average Bonchev–Trinajstić information content (AvgIpc) is 3.17. The molecule has 210 valence electrons. The van der Waals surface area contributed by atoms with Crippen LogP contribution < -0.4 is 19.1 Å². The van der Waals surface area contributed by atoms with Gasteiger partial charge in [-0.15, -0.1) is 0 Å². The summed E-state index contributed by atoms with van der Waals surface area (Å²) in [6.07, 6.45) is -0.0751. The Morgan fingerprint density at radius 3 is 2.33 bits per heavy atom. The molecular weight excluding hydrogens is 506 g/mol. The van der Waals surface area contributed by atoms with Gasteiger partial charge in [-0.25, -0.2) is 0 Å². The van der Waals surface area contributed by atoms with Crippen molar-refractivity contribution in [1.82, 2.24) is 0 Å². The van der Waals surface area contributed by atoms with E-state index < -0.39 is 17.7 Å². The van der Waals surface area contributed by atoms with Gasteiger partial charge in [0.05, 0.1) is 37.0 Å². The minimum atomic E-state index is -0.921. The van der Waals surface area contributed by atoms with Crippen LogP contribution in [0.1, 0.15) is 64.3 Å². The average molecular weight is 544 g/mol. The van der Waals surface area contributed by atoms with Gasteiger partial charge < -0.3 is 19.3 Å². The highest BCUT2D eigenvalue weighted by Crippen LogP contribution is 2.45. The highest BCUT2D eigenvalue weighted by Gasteiger charge is 2.47. The first-order chi connectivity index (χ1) is 19.0. The van der Waals surface area contributed by atoms with Crippen LogP contribution >= 0.6 is 0 Å². The maximum Gasteiger partial charge on any atom is 0.300 e. The number of aliphatic hydroxyl groups is 1. The van der Waals surface area contributed by atoms with E-state index in [1.165, 1.54) is 12.0 Å². The summed E-state index contributed by atoms with van der Waals surface area (Å²) in [7, 11) is 1.50. The van der Waals surface area contributed by atoms with Crippen molar-refractivity contribution in [3.63, 3.8) is 0 Å². The number of methoxy groups -OCH3 is 1. The number of carbonyl (C=O) groups excluding carboxylic acids is 2. The zero-order valence-electron chi connectivity index (χ0n) is 24.1. The second kappa shape index (κ2) is 11.5. The number of ether oxygens (including phenoxy) is 3. The molecule has 1 N–H and O–H groups in total. The Bertz CT molecular complexity index is 1450. The van der Waals surface area contributed by atoms with E-state index in [1.807, 2.05) is 51.1 Å². The van der Waals surface area contributed by atoms with Gasteiger partial charge in [0.25, 0.3) is 11.7 Å². The van der Waals surface area contributed by atoms with Crippen LogP contribution in [0.15, 0.2) is 72.3 Å². The van der Waals surface area contributed by atoms with Crippen molar-refractivity contribution in [1.29, 1.82) is 0 Å². The van der Waals surface area contributed by atoms with E-state index in [2.05, 4.69) is 20.8 Å². The van der Waals surface area contributed by atoms with Gasteiger partial charge in [0.15, 0.2) is 0 Å². The maximum absolute atomic E-state index is 13.7. The number of ketones is 1. The molecule has 1 aliphatic rings. The molecule has 1 aliphatic heterocycles. The third kappa shape index (κ3) is 5.69. The molecule has 7 heteroatoms. The number of anilines is 1. The number of benzene rings is 3. The second-order valence-corrected chi connectivity index (χ2v) is 11.0. The minimum absolute atomic E-state index is 0.0298. The molecule has 0 saturated carbocycles. The largest absolute Gasteiger partial charge is 0.507 e. The van der Waals surface area contributed by atoms with E-state index in [4.69, 9.17) is 14.2 Å². The summed E-state index contributed by atoms with van der Waals surface area (Å²) in [5.74, 6) is -0.287. The first-order valence-corrected chi connectivity index (χ1v) is 13.5. The molecule has 4 rings (SSSR count). The number of amides is 1. The van der Waals surface area contributed by atoms with Gasteiger partial charge >= 0.3 is 0 Å². The summed E-state index contributed by atoms with van der Waals surface area (Å²) in [6, 6.07) is 18.9. The molecule has 1 unspecified atom stereocenters. The molecule has 0 aromatic heterocycles. The molecule has 40 heavy (non-hydrogen) atoms. The maximum atomic E-state index is 13.7. The number of aliphatic hydroxyl groups excluding tert-OH is 1. The first-order valence-electron chi connectivity index (χ1n) is 13.5. The lowest BCUT2D eigenvalue weighted by Crippen LogP contribution is -2.29. The SMILES string of the molecule is CCOc1cccc(N2C(=O)C(=O)/C(=C(/O)c3cc(C(C)(C)C)ccc3OC)C2c2cccc(OC(C)C)c2)c1. The standard InChI is InChI=1S/C33H37NO6/c1-8-39-24-13-10-12-23(19-24)34-29(21-11-9-14-25(17-21)40-20(2)3)28(31(36)32(34)37)30(35)26-18-22(33(4,5)6)15-16-27(26)38-7/h9-20,29,35H,8H2,1-7H3/b30-28+. The Morgan fingerprint density at radius 1 is 0.975 bits per heavy atom. The quantitative estimate of drug-likeness (QED) is 0.191. The summed E-state index contributed by atoms with van der Waals surface area (Å²) in [6.45, 7) is 12.3. The molecule has 1 heterocycles. The van der Waals surface area contributed by atoms with Gasteiger partial charge in [0.2, 0.25) is 0 Å². The summed E-state index contributed by atoms with van der Waals surface area (Å²) in [5.41, 5.74) is 2.12. The molecule has 0 spiro atoms. The van der Waals surface area contributed by atoms with E-state index in [-0.39, 0.29) is 22.9 Å². The lowest BCUT2D eigenvalue weighted by molar-refractivity contribution is -0.132. The number of hydrogen-bond acceptors (Lipinski definition) is 6.